The van der Waals surface area contributed by atoms with Gasteiger partial charge in [0.05, 0.1) is 18.8 Å². The molecule has 232 valence electrons. The van der Waals surface area contributed by atoms with Crippen molar-refractivity contribution >= 4 is 5.97 Å². The fourth-order valence-corrected chi connectivity index (χ4v) is 6.16. The SMILES string of the molecule is C=CCCCCCCCCCOc1ccc(C(=O)Oc2ccc(OCCCC3CCCCC3CCCCC)cc2)cc1. The Hall–Kier alpha value is -2.75. The standard InChI is InChI=1S/C38H56O4/c1-3-5-7-8-9-10-11-12-16-30-40-35-24-22-34(23-25-35)38(39)42-37-28-26-36(27-29-37)41-31-17-21-33-20-15-14-19-32(33)18-13-6-4-2/h3,22-29,32-33H,1,4-21,30-31H2,2H3. The van der Waals surface area contributed by atoms with Crippen LogP contribution in [0.5, 0.6) is 17.2 Å². The summed E-state index contributed by atoms with van der Waals surface area (Å²) in [5.41, 5.74) is 0.509. The number of hydrogen-bond donors (Lipinski definition) is 0. The third-order valence-electron chi connectivity index (χ3n) is 8.68. The Morgan fingerprint density at radius 2 is 1.21 bits per heavy atom. The number of benzene rings is 2. The van der Waals surface area contributed by atoms with Gasteiger partial charge in [-0.15, -0.1) is 6.58 Å². The van der Waals surface area contributed by atoms with E-state index < -0.39 is 0 Å². The normalized spacial score (nSPS) is 16.6. The maximum absolute atomic E-state index is 12.6. The molecule has 0 aliphatic heterocycles. The van der Waals surface area contributed by atoms with Gasteiger partial charge in [0.25, 0.3) is 0 Å². The number of rotatable bonds is 22. The number of allylic oxidation sites excluding steroid dienone is 1. The predicted octanol–water partition coefficient (Wildman–Crippen LogP) is 11.1. The van der Waals surface area contributed by atoms with Crippen LogP contribution in [-0.2, 0) is 0 Å². The van der Waals surface area contributed by atoms with E-state index in [1.165, 1.54) is 96.3 Å². The Morgan fingerprint density at radius 3 is 1.83 bits per heavy atom. The molecule has 1 fully saturated rings. The monoisotopic (exact) mass is 576 g/mol. The van der Waals surface area contributed by atoms with Crippen molar-refractivity contribution in [2.75, 3.05) is 13.2 Å². The Bertz CT molecular complexity index is 981. The highest BCUT2D eigenvalue weighted by Gasteiger charge is 2.24. The number of hydrogen-bond acceptors (Lipinski definition) is 4. The molecule has 2 aromatic carbocycles. The summed E-state index contributed by atoms with van der Waals surface area (Å²) in [6.07, 6.45) is 25.3. The second-order valence-corrected chi connectivity index (χ2v) is 12.1. The third-order valence-corrected chi connectivity index (χ3v) is 8.68. The molecule has 0 saturated heterocycles. The summed E-state index contributed by atoms with van der Waals surface area (Å²) in [7, 11) is 0. The van der Waals surface area contributed by atoms with Crippen molar-refractivity contribution in [2.24, 2.45) is 11.8 Å². The van der Waals surface area contributed by atoms with Crippen molar-refractivity contribution in [1.82, 2.24) is 0 Å². The fourth-order valence-electron chi connectivity index (χ4n) is 6.16. The molecule has 0 amide bonds. The van der Waals surface area contributed by atoms with E-state index in [0.717, 1.165) is 49.2 Å². The fraction of sp³-hybridized carbons (Fsp3) is 0.605. The van der Waals surface area contributed by atoms with Crippen LogP contribution in [-0.4, -0.2) is 19.2 Å². The summed E-state index contributed by atoms with van der Waals surface area (Å²) in [6, 6.07) is 14.6. The Kier molecular flexibility index (Phi) is 16.9. The maximum atomic E-state index is 12.6. The quantitative estimate of drug-likeness (QED) is 0.0605. The van der Waals surface area contributed by atoms with Gasteiger partial charge in [0.15, 0.2) is 0 Å². The van der Waals surface area contributed by atoms with Gasteiger partial charge < -0.3 is 14.2 Å². The first-order chi connectivity index (χ1) is 20.7. The molecule has 1 aliphatic rings. The number of unbranched alkanes of at least 4 members (excludes halogenated alkanes) is 9. The van der Waals surface area contributed by atoms with Crippen molar-refractivity contribution in [3.8, 4) is 17.2 Å². The van der Waals surface area contributed by atoms with Gasteiger partial charge in [0.1, 0.15) is 17.2 Å². The number of carbonyl (C=O) groups is 1. The first kappa shape index (κ1) is 33.7. The number of ether oxygens (including phenoxy) is 3. The van der Waals surface area contributed by atoms with Gasteiger partial charge >= 0.3 is 5.97 Å². The average Bonchev–Trinajstić information content (AvgIpc) is 3.02. The molecule has 1 saturated carbocycles. The van der Waals surface area contributed by atoms with Gasteiger partial charge in [-0.3, -0.25) is 0 Å². The van der Waals surface area contributed by atoms with Crippen LogP contribution in [0.4, 0.5) is 0 Å². The third kappa shape index (κ3) is 13.5. The maximum Gasteiger partial charge on any atom is 0.343 e. The molecule has 0 heterocycles. The zero-order chi connectivity index (χ0) is 29.7. The van der Waals surface area contributed by atoms with Crippen molar-refractivity contribution in [3.05, 3.63) is 66.7 Å². The van der Waals surface area contributed by atoms with E-state index in [2.05, 4.69) is 13.5 Å². The lowest BCUT2D eigenvalue weighted by molar-refractivity contribution is 0.0734. The molecule has 4 nitrogen and oxygen atoms in total. The van der Waals surface area contributed by atoms with Crippen LogP contribution >= 0.6 is 0 Å². The Labute approximate surface area is 256 Å². The minimum atomic E-state index is -0.371. The van der Waals surface area contributed by atoms with Crippen LogP contribution in [0.3, 0.4) is 0 Å². The average molecular weight is 577 g/mol. The summed E-state index contributed by atoms with van der Waals surface area (Å²) >= 11 is 0. The van der Waals surface area contributed by atoms with Gasteiger partial charge in [-0.25, -0.2) is 4.79 Å². The van der Waals surface area contributed by atoms with Crippen LogP contribution in [0.25, 0.3) is 0 Å². The van der Waals surface area contributed by atoms with E-state index in [9.17, 15) is 4.79 Å². The van der Waals surface area contributed by atoms with Crippen LogP contribution < -0.4 is 14.2 Å². The predicted molar refractivity (Wildman–Crippen MR) is 175 cm³/mol. The van der Waals surface area contributed by atoms with Crippen LogP contribution in [0.1, 0.15) is 133 Å². The van der Waals surface area contributed by atoms with E-state index in [1.54, 1.807) is 24.3 Å². The van der Waals surface area contributed by atoms with E-state index in [0.29, 0.717) is 17.9 Å². The lowest BCUT2D eigenvalue weighted by Gasteiger charge is -2.31. The molecule has 2 unspecified atom stereocenters. The van der Waals surface area contributed by atoms with Gasteiger partial charge in [0, 0.05) is 0 Å². The van der Waals surface area contributed by atoms with Crippen LogP contribution in [0.15, 0.2) is 61.2 Å². The zero-order valence-electron chi connectivity index (χ0n) is 26.3. The molecule has 0 spiro atoms. The topological polar surface area (TPSA) is 44.8 Å². The van der Waals surface area contributed by atoms with Crippen molar-refractivity contribution in [1.29, 1.82) is 0 Å². The lowest BCUT2D eigenvalue weighted by Crippen LogP contribution is -2.20. The summed E-state index contributed by atoms with van der Waals surface area (Å²) in [4.78, 5) is 12.6. The van der Waals surface area contributed by atoms with Crippen molar-refractivity contribution in [3.63, 3.8) is 0 Å². The minimum Gasteiger partial charge on any atom is -0.494 e. The molecule has 2 atom stereocenters. The molecule has 3 rings (SSSR count). The second-order valence-electron chi connectivity index (χ2n) is 12.1. The van der Waals surface area contributed by atoms with Crippen molar-refractivity contribution in [2.45, 2.75) is 122 Å². The molecule has 0 N–H and O–H groups in total. The van der Waals surface area contributed by atoms with Gasteiger partial charge in [-0.05, 0) is 92.5 Å². The highest BCUT2D eigenvalue weighted by atomic mass is 16.5. The minimum absolute atomic E-state index is 0.371. The summed E-state index contributed by atoms with van der Waals surface area (Å²) in [5.74, 6) is 3.55. The molecule has 0 bridgehead atoms. The Morgan fingerprint density at radius 1 is 0.690 bits per heavy atom. The molecule has 2 aromatic rings. The lowest BCUT2D eigenvalue weighted by atomic mass is 9.74. The van der Waals surface area contributed by atoms with Gasteiger partial charge in [-0.2, -0.15) is 0 Å². The first-order valence-corrected chi connectivity index (χ1v) is 17.0. The number of esters is 1. The highest BCUT2D eigenvalue weighted by Crippen LogP contribution is 2.36. The van der Waals surface area contributed by atoms with E-state index in [4.69, 9.17) is 14.2 Å². The smallest absolute Gasteiger partial charge is 0.343 e. The molecule has 0 radical (unpaired) electrons. The van der Waals surface area contributed by atoms with E-state index in [1.807, 2.05) is 30.3 Å². The molecule has 1 aliphatic carbocycles. The first-order valence-electron chi connectivity index (χ1n) is 17.0. The zero-order valence-corrected chi connectivity index (χ0v) is 26.3. The second kappa shape index (κ2) is 21.0. The summed E-state index contributed by atoms with van der Waals surface area (Å²) in [5, 5.41) is 0. The molecule has 42 heavy (non-hydrogen) atoms. The van der Waals surface area contributed by atoms with Crippen LogP contribution in [0, 0.1) is 11.8 Å². The van der Waals surface area contributed by atoms with Gasteiger partial charge in [-0.1, -0.05) is 96.5 Å². The van der Waals surface area contributed by atoms with Crippen molar-refractivity contribution < 1.29 is 19.0 Å². The Balaban J connectivity index is 1.28. The van der Waals surface area contributed by atoms with E-state index in [-0.39, 0.29) is 5.97 Å². The molecular formula is C38H56O4. The molecular weight excluding hydrogens is 520 g/mol. The van der Waals surface area contributed by atoms with Gasteiger partial charge in [0.2, 0.25) is 0 Å². The molecule has 0 aromatic heterocycles. The largest absolute Gasteiger partial charge is 0.494 e. The highest BCUT2D eigenvalue weighted by molar-refractivity contribution is 5.91. The molecule has 4 heteroatoms. The van der Waals surface area contributed by atoms with E-state index >= 15 is 0 Å². The number of carbonyl (C=O) groups excluding carboxylic acids is 1. The summed E-state index contributed by atoms with van der Waals surface area (Å²) < 4.78 is 17.4. The summed E-state index contributed by atoms with van der Waals surface area (Å²) in [6.45, 7) is 7.50. The van der Waals surface area contributed by atoms with Crippen LogP contribution in [0.2, 0.25) is 0 Å².